The van der Waals surface area contributed by atoms with E-state index < -0.39 is 0 Å². The molecule has 0 amide bonds. The highest BCUT2D eigenvalue weighted by molar-refractivity contribution is 9.12. The zero-order valence-electron chi connectivity index (χ0n) is 11.5. The first-order valence-electron chi connectivity index (χ1n) is 6.10. The Bertz CT molecular complexity index is 132. The molecule has 16 heavy (non-hydrogen) atoms. The SMILES string of the molecule is CC(C)CSP(SCC(C)C)SCC(C)C. The molecule has 0 aromatic rings. The molecule has 0 rings (SSSR count). The summed E-state index contributed by atoms with van der Waals surface area (Å²) in [5.41, 5.74) is 0.0918. The molecule has 0 aliphatic heterocycles. The second-order valence-corrected chi connectivity index (χ2v) is 15.2. The Morgan fingerprint density at radius 1 is 0.625 bits per heavy atom. The Hall–Kier alpha value is 1.48. The van der Waals surface area contributed by atoms with Gasteiger partial charge in [0.1, 0.15) is 0 Å². The largest absolute Gasteiger partial charge is 0.112 e. The van der Waals surface area contributed by atoms with Crippen LogP contribution in [0, 0.1) is 17.8 Å². The summed E-state index contributed by atoms with van der Waals surface area (Å²) in [6.45, 7) is 13.9. The van der Waals surface area contributed by atoms with Crippen LogP contribution in [-0.2, 0) is 0 Å². The number of rotatable bonds is 9. The smallest absolute Gasteiger partial charge is 0.0729 e. The molecule has 0 saturated heterocycles. The fourth-order valence-corrected chi connectivity index (χ4v) is 12.0. The lowest BCUT2D eigenvalue weighted by atomic mass is 10.3. The van der Waals surface area contributed by atoms with Crippen LogP contribution in [-0.4, -0.2) is 17.3 Å². The van der Waals surface area contributed by atoms with Gasteiger partial charge in [-0.15, -0.1) is 34.1 Å². The van der Waals surface area contributed by atoms with Gasteiger partial charge in [-0.25, -0.2) is 0 Å². The molecule has 0 atom stereocenters. The Labute approximate surface area is 116 Å². The molecular weight excluding hydrogens is 271 g/mol. The van der Waals surface area contributed by atoms with Gasteiger partial charge in [-0.05, 0) is 17.8 Å². The average molecular weight is 299 g/mol. The van der Waals surface area contributed by atoms with Gasteiger partial charge in [0.15, 0.2) is 0 Å². The fraction of sp³-hybridized carbons (Fsp3) is 1.00. The van der Waals surface area contributed by atoms with E-state index in [-0.39, 0.29) is 5.53 Å². The van der Waals surface area contributed by atoms with E-state index in [1.165, 1.54) is 17.3 Å². The fourth-order valence-electron chi connectivity index (χ4n) is 0.742. The minimum atomic E-state index is 0.0918. The van der Waals surface area contributed by atoms with Crippen LogP contribution in [0.5, 0.6) is 0 Å². The predicted molar refractivity (Wildman–Crippen MR) is 88.8 cm³/mol. The third-order valence-electron chi connectivity index (χ3n) is 1.54. The van der Waals surface area contributed by atoms with Gasteiger partial charge in [-0.1, -0.05) is 41.5 Å². The van der Waals surface area contributed by atoms with Crippen LogP contribution in [0.2, 0.25) is 0 Å². The molecule has 0 bridgehead atoms. The van der Waals surface area contributed by atoms with E-state index in [1.54, 1.807) is 0 Å². The molecule has 0 fully saturated rings. The second kappa shape index (κ2) is 10.4. The van der Waals surface area contributed by atoms with Gasteiger partial charge >= 0.3 is 0 Å². The maximum Gasteiger partial charge on any atom is 0.0729 e. The van der Waals surface area contributed by atoms with Crippen molar-refractivity contribution in [2.75, 3.05) is 17.3 Å². The van der Waals surface area contributed by atoms with Crippen LogP contribution in [0.1, 0.15) is 41.5 Å². The number of hydrogen-bond donors (Lipinski definition) is 0. The molecule has 0 aromatic carbocycles. The van der Waals surface area contributed by atoms with Gasteiger partial charge in [0.25, 0.3) is 0 Å². The quantitative estimate of drug-likeness (QED) is 0.453. The lowest BCUT2D eigenvalue weighted by Gasteiger charge is -2.18. The molecule has 0 radical (unpaired) electrons. The van der Waals surface area contributed by atoms with E-state index in [0.717, 1.165) is 17.8 Å². The van der Waals surface area contributed by atoms with Crippen LogP contribution < -0.4 is 0 Å². The molecule has 4 heteroatoms. The summed E-state index contributed by atoms with van der Waals surface area (Å²) in [5.74, 6) is 6.45. The highest BCUT2D eigenvalue weighted by atomic mass is 33.4. The molecule has 0 heterocycles. The summed E-state index contributed by atoms with van der Waals surface area (Å²) in [4.78, 5) is 0. The molecule has 0 aliphatic rings. The van der Waals surface area contributed by atoms with Crippen molar-refractivity contribution in [1.29, 1.82) is 0 Å². The Balaban J connectivity index is 3.85. The normalized spacial score (nSPS) is 12.4. The number of hydrogen-bond acceptors (Lipinski definition) is 3. The van der Waals surface area contributed by atoms with Gasteiger partial charge < -0.3 is 0 Å². The van der Waals surface area contributed by atoms with Gasteiger partial charge in [-0.3, -0.25) is 0 Å². The third kappa shape index (κ3) is 12.0. The molecule has 0 aromatic heterocycles. The summed E-state index contributed by atoms with van der Waals surface area (Å²) >= 11 is 6.61. The standard InChI is InChI=1S/C12H27PS3/c1-10(2)7-14-13(15-8-11(3)4)16-9-12(5)6/h10-12H,7-9H2,1-6H3. The van der Waals surface area contributed by atoms with Gasteiger partial charge in [0, 0.05) is 17.3 Å². The zero-order chi connectivity index (χ0) is 12.6. The average Bonchev–Trinajstić information content (AvgIpc) is 2.15. The molecular formula is C12H27PS3. The van der Waals surface area contributed by atoms with Crippen molar-refractivity contribution in [2.45, 2.75) is 41.5 Å². The topological polar surface area (TPSA) is 0 Å². The van der Waals surface area contributed by atoms with E-state index in [0.29, 0.717) is 0 Å². The minimum Gasteiger partial charge on any atom is -0.112 e. The third-order valence-corrected chi connectivity index (χ3v) is 13.6. The maximum absolute atomic E-state index is 2.32. The van der Waals surface area contributed by atoms with Crippen molar-refractivity contribution in [3.8, 4) is 0 Å². The lowest BCUT2D eigenvalue weighted by molar-refractivity contribution is 0.751. The Morgan fingerprint density at radius 2 is 0.875 bits per heavy atom. The van der Waals surface area contributed by atoms with Crippen LogP contribution in [0.25, 0.3) is 0 Å². The summed E-state index contributed by atoms with van der Waals surface area (Å²) in [6.07, 6.45) is 0. The second-order valence-electron chi connectivity index (χ2n) is 5.29. The van der Waals surface area contributed by atoms with E-state index in [9.17, 15) is 0 Å². The molecule has 0 unspecified atom stereocenters. The Kier molecular flexibility index (Phi) is 11.4. The predicted octanol–water partition coefficient (Wildman–Crippen LogP) is 6.38. The summed E-state index contributed by atoms with van der Waals surface area (Å²) in [6, 6.07) is 0. The van der Waals surface area contributed by atoms with Crippen LogP contribution in [0.3, 0.4) is 0 Å². The molecule has 0 saturated carbocycles. The highest BCUT2D eigenvalue weighted by Gasteiger charge is 2.13. The minimum absolute atomic E-state index is 0.0918. The van der Waals surface area contributed by atoms with Crippen molar-refractivity contribution in [3.63, 3.8) is 0 Å². The monoisotopic (exact) mass is 298 g/mol. The van der Waals surface area contributed by atoms with Crippen molar-refractivity contribution in [2.24, 2.45) is 17.8 Å². The Morgan fingerprint density at radius 3 is 1.06 bits per heavy atom. The molecule has 0 N–H and O–H groups in total. The first-order chi connectivity index (χ1) is 7.41. The van der Waals surface area contributed by atoms with Crippen molar-refractivity contribution >= 4 is 39.7 Å². The summed E-state index contributed by atoms with van der Waals surface area (Å²) in [7, 11) is 0. The van der Waals surface area contributed by atoms with Crippen LogP contribution >= 0.6 is 39.7 Å². The zero-order valence-corrected chi connectivity index (χ0v) is 14.9. The van der Waals surface area contributed by atoms with Gasteiger partial charge in [-0.2, -0.15) is 0 Å². The summed E-state index contributed by atoms with van der Waals surface area (Å²) < 4.78 is 0. The first-order valence-corrected chi connectivity index (χ1v) is 12.2. The van der Waals surface area contributed by atoms with Gasteiger partial charge in [0.05, 0.1) is 5.53 Å². The van der Waals surface area contributed by atoms with Crippen molar-refractivity contribution in [3.05, 3.63) is 0 Å². The van der Waals surface area contributed by atoms with E-state index in [4.69, 9.17) is 0 Å². The first kappa shape index (κ1) is 17.5. The van der Waals surface area contributed by atoms with Crippen LogP contribution in [0.15, 0.2) is 0 Å². The van der Waals surface area contributed by atoms with Gasteiger partial charge in [0.2, 0.25) is 0 Å². The lowest BCUT2D eigenvalue weighted by Crippen LogP contribution is -1.92. The maximum atomic E-state index is 2.32. The van der Waals surface area contributed by atoms with E-state index >= 15 is 0 Å². The van der Waals surface area contributed by atoms with E-state index in [2.05, 4.69) is 75.7 Å². The van der Waals surface area contributed by atoms with Crippen molar-refractivity contribution in [1.82, 2.24) is 0 Å². The van der Waals surface area contributed by atoms with Crippen molar-refractivity contribution < 1.29 is 0 Å². The molecule has 98 valence electrons. The molecule has 0 spiro atoms. The highest BCUT2D eigenvalue weighted by Crippen LogP contribution is 2.70. The molecule has 0 nitrogen and oxygen atoms in total. The summed E-state index contributed by atoms with van der Waals surface area (Å²) in [5, 5.41) is 0. The molecule has 0 aliphatic carbocycles. The van der Waals surface area contributed by atoms with Crippen LogP contribution in [0.4, 0.5) is 0 Å². The van der Waals surface area contributed by atoms with E-state index in [1.807, 2.05) is 0 Å².